The highest BCUT2D eigenvalue weighted by Crippen LogP contribution is 2.23. The highest BCUT2D eigenvalue weighted by Gasteiger charge is 2.44. The smallest absolute Gasteiger partial charge is 0.326 e. The normalized spacial score (nSPS) is 33.8. The topological polar surface area (TPSA) is 99.5 Å². The molecule has 0 saturated carbocycles. The van der Waals surface area contributed by atoms with Gasteiger partial charge in [-0.05, 0) is 0 Å². The van der Waals surface area contributed by atoms with E-state index in [-0.39, 0.29) is 25.2 Å². The first kappa shape index (κ1) is 15.0. The molecule has 3 unspecified atom stereocenters. The number of hydrogen-bond acceptors (Lipinski definition) is 5. The zero-order valence-electron chi connectivity index (χ0n) is 11.6. The van der Waals surface area contributed by atoms with E-state index < -0.39 is 24.1 Å². The molecule has 2 amide bonds. The number of hydrogen-bond donors (Lipinski definition) is 2. The van der Waals surface area contributed by atoms with Gasteiger partial charge in [0.05, 0.1) is 19.2 Å². The Labute approximate surface area is 116 Å². The molecule has 2 N–H and O–H groups in total. The van der Waals surface area contributed by atoms with Crippen molar-refractivity contribution in [3.63, 3.8) is 0 Å². The second-order valence-corrected chi connectivity index (χ2v) is 5.13. The summed E-state index contributed by atoms with van der Waals surface area (Å²) in [5.74, 6) is -1.10. The average Bonchev–Trinajstić information content (AvgIpc) is 3.00. The van der Waals surface area contributed by atoms with Crippen LogP contribution in [0, 0.1) is 0 Å². The lowest BCUT2D eigenvalue weighted by molar-refractivity contribution is -0.141. The molecular weight excluding hydrogens is 268 g/mol. The number of nitrogens with zero attached hydrogens (tertiary/aromatic N) is 2. The first-order chi connectivity index (χ1) is 9.47. The van der Waals surface area contributed by atoms with Crippen molar-refractivity contribution in [3.05, 3.63) is 0 Å². The Morgan fingerprint density at radius 2 is 1.65 bits per heavy atom. The van der Waals surface area contributed by atoms with Crippen molar-refractivity contribution < 1.29 is 29.3 Å². The molecule has 8 nitrogen and oxygen atoms in total. The molecule has 0 aromatic carbocycles. The Hall–Kier alpha value is -1.38. The number of β-amino-alcohol motifs (C(OH)–C–C–N with tert-alkyl or cyclic N) is 1. The number of carbonyl (C=O) groups excluding carboxylic acids is 1. The van der Waals surface area contributed by atoms with Gasteiger partial charge in [-0.1, -0.05) is 0 Å². The predicted octanol–water partition coefficient (Wildman–Crippen LogP) is -1.03. The number of aliphatic hydroxyl groups excluding tert-OH is 1. The van der Waals surface area contributed by atoms with Crippen LogP contribution in [0.5, 0.6) is 0 Å². The van der Waals surface area contributed by atoms with E-state index in [9.17, 15) is 14.7 Å². The Balaban J connectivity index is 2.06. The molecule has 0 spiro atoms. The minimum Gasteiger partial charge on any atom is -0.480 e. The van der Waals surface area contributed by atoms with Crippen LogP contribution in [-0.4, -0.2) is 90.2 Å². The fraction of sp³-hybridized carbons (Fsp3) is 0.833. The Bertz CT molecular complexity index is 378. The van der Waals surface area contributed by atoms with Gasteiger partial charge in [0.1, 0.15) is 18.2 Å². The van der Waals surface area contributed by atoms with Crippen LogP contribution in [0.4, 0.5) is 4.79 Å². The summed E-state index contributed by atoms with van der Waals surface area (Å²) in [6, 6.07) is -1.37. The SMILES string of the molecule is COC1CN(C(=O)N2CC(O)C[C@H]2C(=O)O)CC1OC. The highest BCUT2D eigenvalue weighted by atomic mass is 16.5. The van der Waals surface area contributed by atoms with Gasteiger partial charge < -0.3 is 29.5 Å². The molecule has 2 aliphatic heterocycles. The van der Waals surface area contributed by atoms with E-state index in [2.05, 4.69) is 0 Å². The van der Waals surface area contributed by atoms with Gasteiger partial charge in [0.2, 0.25) is 0 Å². The van der Waals surface area contributed by atoms with E-state index in [1.54, 1.807) is 14.2 Å². The maximum atomic E-state index is 12.4. The number of aliphatic hydroxyl groups is 1. The van der Waals surface area contributed by atoms with Crippen LogP contribution in [0.25, 0.3) is 0 Å². The summed E-state index contributed by atoms with van der Waals surface area (Å²) < 4.78 is 10.5. The summed E-state index contributed by atoms with van der Waals surface area (Å²) in [6.07, 6.45) is -1.17. The highest BCUT2D eigenvalue weighted by molar-refractivity contribution is 5.83. The number of ether oxygens (including phenoxy) is 2. The molecule has 8 heteroatoms. The second kappa shape index (κ2) is 5.94. The summed E-state index contributed by atoms with van der Waals surface area (Å²) in [4.78, 5) is 26.3. The minimum atomic E-state index is -1.10. The van der Waals surface area contributed by atoms with Crippen LogP contribution in [0.2, 0.25) is 0 Å². The zero-order chi connectivity index (χ0) is 14.9. The quantitative estimate of drug-likeness (QED) is 0.689. The Kier molecular flexibility index (Phi) is 4.46. The van der Waals surface area contributed by atoms with E-state index in [0.29, 0.717) is 13.1 Å². The van der Waals surface area contributed by atoms with E-state index in [0.717, 1.165) is 0 Å². The fourth-order valence-electron chi connectivity index (χ4n) is 2.79. The van der Waals surface area contributed by atoms with Crippen molar-refractivity contribution in [2.24, 2.45) is 0 Å². The molecular formula is C12H20N2O6. The van der Waals surface area contributed by atoms with Crippen molar-refractivity contribution in [3.8, 4) is 0 Å². The molecule has 0 aromatic rings. The lowest BCUT2D eigenvalue weighted by atomic mass is 10.2. The minimum absolute atomic E-state index is 0.0433. The standard InChI is InChI=1S/C12H20N2O6/c1-19-9-5-13(6-10(9)20-2)12(18)14-4-7(15)3-8(14)11(16)17/h7-10,15H,3-6H2,1-2H3,(H,16,17)/t7?,8-,9?,10?/m0/s1. The fourth-order valence-corrected chi connectivity index (χ4v) is 2.79. The van der Waals surface area contributed by atoms with E-state index in [4.69, 9.17) is 14.6 Å². The lowest BCUT2D eigenvalue weighted by Crippen LogP contribution is -2.47. The van der Waals surface area contributed by atoms with Gasteiger partial charge in [0.25, 0.3) is 0 Å². The summed E-state index contributed by atoms with van der Waals surface area (Å²) in [7, 11) is 3.09. The van der Waals surface area contributed by atoms with Gasteiger partial charge in [-0.25, -0.2) is 9.59 Å². The number of carbonyl (C=O) groups is 2. The van der Waals surface area contributed by atoms with E-state index in [1.807, 2.05) is 0 Å². The predicted molar refractivity (Wildman–Crippen MR) is 67.3 cm³/mol. The molecule has 2 heterocycles. The maximum Gasteiger partial charge on any atom is 0.326 e. The molecule has 2 fully saturated rings. The monoisotopic (exact) mass is 288 g/mol. The van der Waals surface area contributed by atoms with Crippen LogP contribution in [0.15, 0.2) is 0 Å². The average molecular weight is 288 g/mol. The van der Waals surface area contributed by atoms with Crippen molar-refractivity contribution >= 4 is 12.0 Å². The zero-order valence-corrected chi connectivity index (χ0v) is 11.6. The van der Waals surface area contributed by atoms with E-state index >= 15 is 0 Å². The van der Waals surface area contributed by atoms with Gasteiger partial charge in [-0.3, -0.25) is 0 Å². The first-order valence-electron chi connectivity index (χ1n) is 6.50. The maximum absolute atomic E-state index is 12.4. The molecule has 114 valence electrons. The largest absolute Gasteiger partial charge is 0.480 e. The van der Waals surface area contributed by atoms with Gasteiger partial charge in [0.15, 0.2) is 0 Å². The van der Waals surface area contributed by atoms with Crippen molar-refractivity contribution in [1.82, 2.24) is 9.80 Å². The molecule has 2 rings (SSSR count). The molecule has 20 heavy (non-hydrogen) atoms. The third-order valence-corrected chi connectivity index (χ3v) is 3.90. The summed E-state index contributed by atoms with van der Waals surface area (Å²) in [5.41, 5.74) is 0. The number of urea groups is 1. The number of aliphatic carboxylic acids is 1. The summed E-state index contributed by atoms with van der Waals surface area (Å²) in [6.45, 7) is 0.751. The first-order valence-corrected chi connectivity index (χ1v) is 6.50. The number of likely N-dealkylation sites (tertiary alicyclic amines) is 2. The van der Waals surface area contributed by atoms with Crippen LogP contribution in [0.3, 0.4) is 0 Å². The van der Waals surface area contributed by atoms with Crippen LogP contribution in [-0.2, 0) is 14.3 Å². The van der Waals surface area contributed by atoms with Gasteiger partial charge >= 0.3 is 12.0 Å². The van der Waals surface area contributed by atoms with E-state index in [1.165, 1.54) is 9.80 Å². The van der Waals surface area contributed by atoms with Crippen LogP contribution >= 0.6 is 0 Å². The molecule has 2 aliphatic rings. The molecule has 0 bridgehead atoms. The van der Waals surface area contributed by atoms with Crippen molar-refractivity contribution in [1.29, 1.82) is 0 Å². The molecule has 0 radical (unpaired) electrons. The number of carboxylic acids is 1. The number of methoxy groups -OCH3 is 2. The Morgan fingerprint density at radius 3 is 2.10 bits per heavy atom. The number of rotatable bonds is 3. The van der Waals surface area contributed by atoms with Crippen LogP contribution < -0.4 is 0 Å². The van der Waals surface area contributed by atoms with Gasteiger partial charge in [-0.15, -0.1) is 0 Å². The summed E-state index contributed by atoms with van der Waals surface area (Å²) in [5, 5.41) is 18.7. The molecule has 4 atom stereocenters. The third kappa shape index (κ3) is 2.72. The van der Waals surface area contributed by atoms with Gasteiger partial charge in [-0.2, -0.15) is 0 Å². The third-order valence-electron chi connectivity index (χ3n) is 3.90. The lowest BCUT2D eigenvalue weighted by Gasteiger charge is -2.27. The second-order valence-electron chi connectivity index (χ2n) is 5.13. The Morgan fingerprint density at radius 1 is 1.10 bits per heavy atom. The molecule has 0 aliphatic carbocycles. The van der Waals surface area contributed by atoms with Crippen LogP contribution in [0.1, 0.15) is 6.42 Å². The number of amides is 2. The molecule has 2 saturated heterocycles. The summed E-state index contributed by atoms with van der Waals surface area (Å²) >= 11 is 0. The number of carboxylic acid groups (broad SMARTS) is 1. The van der Waals surface area contributed by atoms with Crippen molar-refractivity contribution in [2.75, 3.05) is 33.9 Å². The molecule has 0 aromatic heterocycles. The van der Waals surface area contributed by atoms with Gasteiger partial charge in [0, 0.05) is 27.2 Å². The van der Waals surface area contributed by atoms with Crippen molar-refractivity contribution in [2.45, 2.75) is 30.8 Å².